The number of aliphatic imine (C=N–C) groups is 1. The van der Waals surface area contributed by atoms with Crippen LogP contribution in [0, 0.1) is 13.8 Å². The van der Waals surface area contributed by atoms with E-state index >= 15 is 0 Å². The summed E-state index contributed by atoms with van der Waals surface area (Å²) in [6.45, 7) is 3.89. The quantitative estimate of drug-likeness (QED) is 0.343. The average Bonchev–Trinajstić information content (AvgIpc) is 2.42. The van der Waals surface area contributed by atoms with Gasteiger partial charge < -0.3 is 10.2 Å². The summed E-state index contributed by atoms with van der Waals surface area (Å²) in [6.07, 6.45) is 0. The van der Waals surface area contributed by atoms with Gasteiger partial charge in [-0.1, -0.05) is 0 Å². The molecule has 0 amide bonds. The lowest BCUT2D eigenvalue weighted by molar-refractivity contribution is 0.232. The molecule has 0 aliphatic heterocycles. The summed E-state index contributed by atoms with van der Waals surface area (Å²) in [7, 11) is 0. The maximum Gasteiger partial charge on any atom is 0.216 e. The number of hydroxylamine groups is 1. The predicted octanol–water partition coefficient (Wildman–Crippen LogP) is 0.0849. The molecule has 1 aromatic heterocycles. The van der Waals surface area contributed by atoms with Gasteiger partial charge in [0.1, 0.15) is 12.3 Å². The van der Waals surface area contributed by atoms with Crippen LogP contribution in [-0.2, 0) is 6.54 Å². The van der Waals surface area contributed by atoms with Gasteiger partial charge in [0, 0.05) is 0 Å². The predicted molar refractivity (Wildman–Crippen MR) is 46.2 cm³/mol. The van der Waals surface area contributed by atoms with Crippen LogP contribution >= 0.6 is 0 Å². The number of hydrogen-bond acceptors (Lipinski definition) is 4. The molecular formula is C7H12N4O2. The Hall–Kier alpha value is -1.56. The number of nitrogens with zero attached hydrogens (tertiary/aromatic N) is 2. The normalized spacial score (nSPS) is 11.8. The number of oxazole rings is 1. The molecule has 4 N–H and O–H groups in total. The Bertz CT molecular complexity index is 299. The molecular weight excluding hydrogens is 172 g/mol. The topological polar surface area (TPSA) is 96.7 Å². The van der Waals surface area contributed by atoms with Crippen molar-refractivity contribution in [3.05, 3.63) is 17.3 Å². The van der Waals surface area contributed by atoms with Gasteiger partial charge in [0.15, 0.2) is 0 Å². The zero-order valence-corrected chi connectivity index (χ0v) is 7.53. The van der Waals surface area contributed by atoms with E-state index in [9.17, 15) is 0 Å². The molecule has 0 saturated carbocycles. The van der Waals surface area contributed by atoms with Gasteiger partial charge in [-0.05, 0) is 13.8 Å². The summed E-state index contributed by atoms with van der Waals surface area (Å²) < 4.78 is 5.23. The lowest BCUT2D eigenvalue weighted by Crippen LogP contribution is -2.28. The Morgan fingerprint density at radius 2 is 2.38 bits per heavy atom. The molecule has 0 atom stereocenters. The summed E-state index contributed by atoms with van der Waals surface area (Å²) in [5, 5.41) is 8.32. The van der Waals surface area contributed by atoms with Gasteiger partial charge >= 0.3 is 0 Å². The van der Waals surface area contributed by atoms with Crippen molar-refractivity contribution >= 4 is 5.96 Å². The van der Waals surface area contributed by atoms with Crippen molar-refractivity contribution in [3.63, 3.8) is 0 Å². The van der Waals surface area contributed by atoms with Gasteiger partial charge in [0.2, 0.25) is 11.9 Å². The number of nitrogens with one attached hydrogen (secondary N) is 1. The highest BCUT2D eigenvalue weighted by molar-refractivity contribution is 5.76. The van der Waals surface area contributed by atoms with Crippen LogP contribution < -0.4 is 11.2 Å². The first kappa shape index (κ1) is 9.53. The summed E-state index contributed by atoms with van der Waals surface area (Å²) in [5.74, 6) is 1.18. The van der Waals surface area contributed by atoms with E-state index < -0.39 is 0 Å². The minimum absolute atomic E-state index is 0.0616. The molecule has 72 valence electrons. The summed E-state index contributed by atoms with van der Waals surface area (Å²) in [6, 6.07) is 0. The molecule has 0 fully saturated rings. The first-order valence-corrected chi connectivity index (χ1v) is 3.76. The van der Waals surface area contributed by atoms with Crippen LogP contribution in [0.15, 0.2) is 9.41 Å². The van der Waals surface area contributed by atoms with E-state index in [-0.39, 0.29) is 12.5 Å². The highest BCUT2D eigenvalue weighted by Crippen LogP contribution is 2.08. The number of guanidine groups is 1. The Kier molecular flexibility index (Phi) is 2.86. The first-order chi connectivity index (χ1) is 6.13. The van der Waals surface area contributed by atoms with Crippen LogP contribution in [0.25, 0.3) is 0 Å². The standard InChI is InChI=1S/C7H12N4O2/c1-4-5(2)13-6(10-4)3-9-7(8)11-12/h12H,3H2,1-2H3,(H3,8,9,11). The zero-order chi connectivity index (χ0) is 9.84. The Morgan fingerprint density at radius 1 is 1.69 bits per heavy atom. The monoisotopic (exact) mass is 184 g/mol. The van der Waals surface area contributed by atoms with Gasteiger partial charge in [-0.2, -0.15) is 0 Å². The van der Waals surface area contributed by atoms with Crippen molar-refractivity contribution in [1.82, 2.24) is 10.5 Å². The molecule has 0 aliphatic carbocycles. The molecule has 0 spiro atoms. The van der Waals surface area contributed by atoms with Gasteiger partial charge in [0.25, 0.3) is 0 Å². The lowest BCUT2D eigenvalue weighted by Gasteiger charge is -1.94. The molecule has 13 heavy (non-hydrogen) atoms. The third-order valence-electron chi connectivity index (χ3n) is 1.57. The van der Waals surface area contributed by atoms with Crippen LogP contribution in [0.3, 0.4) is 0 Å². The third-order valence-corrected chi connectivity index (χ3v) is 1.57. The number of rotatable bonds is 2. The summed E-state index contributed by atoms with van der Waals surface area (Å²) >= 11 is 0. The third kappa shape index (κ3) is 2.45. The molecule has 0 unspecified atom stereocenters. The number of hydrogen-bond donors (Lipinski definition) is 3. The van der Waals surface area contributed by atoms with Crippen molar-refractivity contribution in [2.45, 2.75) is 20.4 Å². The van der Waals surface area contributed by atoms with Crippen molar-refractivity contribution in [2.24, 2.45) is 10.7 Å². The molecule has 0 radical (unpaired) electrons. The second kappa shape index (κ2) is 3.90. The summed E-state index contributed by atoms with van der Waals surface area (Å²) in [5.41, 5.74) is 7.73. The molecule has 6 nitrogen and oxygen atoms in total. The van der Waals surface area contributed by atoms with E-state index in [0.717, 1.165) is 11.5 Å². The van der Waals surface area contributed by atoms with Crippen molar-refractivity contribution in [2.75, 3.05) is 0 Å². The highest BCUT2D eigenvalue weighted by atomic mass is 16.5. The van der Waals surface area contributed by atoms with Crippen molar-refractivity contribution in [1.29, 1.82) is 0 Å². The average molecular weight is 184 g/mol. The van der Waals surface area contributed by atoms with E-state index in [1.54, 1.807) is 5.48 Å². The molecule has 1 aromatic rings. The fraction of sp³-hybridized carbons (Fsp3) is 0.429. The molecule has 0 saturated heterocycles. The number of nitrogens with two attached hydrogens (primary N) is 1. The molecule has 0 bridgehead atoms. The summed E-state index contributed by atoms with van der Waals surface area (Å²) in [4.78, 5) is 7.82. The Balaban J connectivity index is 2.65. The lowest BCUT2D eigenvalue weighted by atomic mass is 10.4. The SMILES string of the molecule is Cc1nc(CN=C(N)NO)oc1C. The van der Waals surface area contributed by atoms with Crippen LogP contribution in [0.5, 0.6) is 0 Å². The highest BCUT2D eigenvalue weighted by Gasteiger charge is 2.03. The second-order valence-corrected chi connectivity index (χ2v) is 2.56. The van der Waals surface area contributed by atoms with E-state index in [1.165, 1.54) is 0 Å². The molecule has 6 heteroatoms. The van der Waals surface area contributed by atoms with Crippen LogP contribution in [-0.4, -0.2) is 16.2 Å². The van der Waals surface area contributed by atoms with Crippen LogP contribution in [0.1, 0.15) is 17.3 Å². The maximum atomic E-state index is 8.32. The van der Waals surface area contributed by atoms with E-state index in [4.69, 9.17) is 15.4 Å². The fourth-order valence-corrected chi connectivity index (χ4v) is 0.795. The second-order valence-electron chi connectivity index (χ2n) is 2.56. The van der Waals surface area contributed by atoms with Gasteiger partial charge in [-0.15, -0.1) is 0 Å². The molecule has 1 heterocycles. The molecule has 1 rings (SSSR count). The number of aryl methyl sites for hydroxylation is 2. The molecule has 0 aromatic carbocycles. The van der Waals surface area contributed by atoms with Crippen LogP contribution in [0.2, 0.25) is 0 Å². The van der Waals surface area contributed by atoms with Crippen molar-refractivity contribution in [3.8, 4) is 0 Å². The largest absolute Gasteiger partial charge is 0.444 e. The van der Waals surface area contributed by atoms with Gasteiger partial charge in [-0.25, -0.2) is 15.5 Å². The fourth-order valence-electron chi connectivity index (χ4n) is 0.795. The minimum Gasteiger partial charge on any atom is -0.444 e. The maximum absolute atomic E-state index is 8.32. The van der Waals surface area contributed by atoms with Gasteiger partial charge in [0.05, 0.1) is 5.69 Å². The van der Waals surface area contributed by atoms with E-state index in [2.05, 4.69) is 9.98 Å². The minimum atomic E-state index is -0.0616. The Morgan fingerprint density at radius 3 is 2.85 bits per heavy atom. The zero-order valence-electron chi connectivity index (χ0n) is 7.53. The number of aromatic nitrogens is 1. The van der Waals surface area contributed by atoms with E-state index in [0.29, 0.717) is 5.89 Å². The van der Waals surface area contributed by atoms with Crippen molar-refractivity contribution < 1.29 is 9.62 Å². The molecule has 0 aliphatic rings. The van der Waals surface area contributed by atoms with Crippen LogP contribution in [0.4, 0.5) is 0 Å². The van der Waals surface area contributed by atoms with E-state index in [1.807, 2.05) is 13.8 Å². The Labute approximate surface area is 75.4 Å². The smallest absolute Gasteiger partial charge is 0.216 e. The first-order valence-electron chi connectivity index (χ1n) is 3.76. The van der Waals surface area contributed by atoms with Gasteiger partial charge in [-0.3, -0.25) is 5.21 Å².